The first-order valence-electron chi connectivity index (χ1n) is 20.0. The highest BCUT2D eigenvalue weighted by Gasteiger charge is 2.35. The first kappa shape index (κ1) is 37.4. The lowest BCUT2D eigenvalue weighted by Gasteiger charge is -2.33. The summed E-state index contributed by atoms with van der Waals surface area (Å²) < 4.78 is 9.44. The van der Waals surface area contributed by atoms with Crippen molar-refractivity contribution in [1.82, 2.24) is 9.55 Å². The molecule has 0 aliphatic carbocycles. The van der Waals surface area contributed by atoms with Crippen molar-refractivity contribution in [2.75, 3.05) is 16.5 Å². The van der Waals surface area contributed by atoms with Gasteiger partial charge in [0, 0.05) is 40.4 Å². The number of rotatable bonds is 5. The molecule has 0 spiro atoms. The monoisotopic (exact) mass is 740 g/mol. The topological polar surface area (TPSA) is 33.5 Å². The van der Waals surface area contributed by atoms with Crippen molar-refractivity contribution >= 4 is 44.6 Å². The molecule has 0 radical (unpaired) electrons. The Morgan fingerprint density at radius 3 is 1.84 bits per heavy atom. The second kappa shape index (κ2) is 13.3. The molecular formula is C51H56N4O. The minimum Gasteiger partial charge on any atom is -0.457 e. The number of pyridine rings is 1. The zero-order valence-corrected chi connectivity index (χ0v) is 35.3. The van der Waals surface area contributed by atoms with Gasteiger partial charge in [-0.25, -0.2) is 4.98 Å². The molecule has 5 aromatic carbocycles. The van der Waals surface area contributed by atoms with E-state index in [2.05, 4.69) is 201 Å². The highest BCUT2D eigenvalue weighted by Crippen LogP contribution is 2.51. The number of anilines is 4. The molecule has 286 valence electrons. The summed E-state index contributed by atoms with van der Waals surface area (Å²) in [6.45, 7) is 27.9. The predicted molar refractivity (Wildman–Crippen MR) is 237 cm³/mol. The fourth-order valence-electron chi connectivity index (χ4n) is 8.67. The third-order valence-corrected chi connectivity index (χ3v) is 11.4. The first-order chi connectivity index (χ1) is 26.4. The Labute approximate surface area is 333 Å². The van der Waals surface area contributed by atoms with Gasteiger partial charge in [-0.1, -0.05) is 110 Å². The molecule has 0 saturated heterocycles. The van der Waals surface area contributed by atoms with Crippen LogP contribution >= 0.6 is 0 Å². The molecule has 0 N–H and O–H groups in total. The molecule has 0 bridgehead atoms. The maximum Gasteiger partial charge on any atom is 0.137 e. The molecule has 5 heteroatoms. The molecule has 5 nitrogen and oxygen atoms in total. The molecule has 1 aliphatic heterocycles. The van der Waals surface area contributed by atoms with Crippen LogP contribution in [0.1, 0.15) is 95.7 Å². The van der Waals surface area contributed by atoms with Crippen LogP contribution in [0, 0.1) is 20.8 Å². The zero-order valence-electron chi connectivity index (χ0n) is 35.3. The number of aryl methyl sites for hydroxylation is 3. The Kier molecular flexibility index (Phi) is 8.87. The second-order valence-electron chi connectivity index (χ2n) is 18.9. The van der Waals surface area contributed by atoms with E-state index in [0.717, 1.165) is 34.0 Å². The van der Waals surface area contributed by atoms with Crippen molar-refractivity contribution in [2.45, 2.75) is 99.3 Å². The van der Waals surface area contributed by atoms with Crippen LogP contribution in [0.15, 0.2) is 109 Å². The highest BCUT2D eigenvalue weighted by molar-refractivity contribution is 6.09. The minimum absolute atomic E-state index is 0.00428. The third-order valence-electron chi connectivity index (χ3n) is 11.4. The molecule has 0 saturated carbocycles. The summed E-state index contributed by atoms with van der Waals surface area (Å²) in [5.74, 6) is 2.57. The number of aromatic nitrogens is 2. The van der Waals surface area contributed by atoms with Crippen LogP contribution < -0.4 is 14.5 Å². The average Bonchev–Trinajstić information content (AvgIpc) is 3.66. The summed E-state index contributed by atoms with van der Waals surface area (Å²) in [5.41, 5.74) is 14.3. The molecule has 1 aliphatic rings. The maximum atomic E-state index is 7.15. The number of nitrogens with zero attached hydrogens (tertiary/aromatic N) is 4. The van der Waals surface area contributed by atoms with Gasteiger partial charge in [-0.05, 0) is 108 Å². The Bertz CT molecular complexity index is 2620. The lowest BCUT2D eigenvalue weighted by Crippen LogP contribution is -2.28. The number of ether oxygens (including phenoxy) is 1. The van der Waals surface area contributed by atoms with E-state index in [-0.39, 0.29) is 16.2 Å². The predicted octanol–water partition coefficient (Wildman–Crippen LogP) is 14.0. The van der Waals surface area contributed by atoms with Gasteiger partial charge in [0.1, 0.15) is 24.0 Å². The summed E-state index contributed by atoms with van der Waals surface area (Å²) in [7, 11) is 0. The van der Waals surface area contributed by atoms with Crippen LogP contribution in [0.2, 0.25) is 0 Å². The van der Waals surface area contributed by atoms with Gasteiger partial charge in [0.25, 0.3) is 0 Å². The molecule has 56 heavy (non-hydrogen) atoms. The molecule has 0 fully saturated rings. The first-order valence-corrected chi connectivity index (χ1v) is 20.0. The van der Waals surface area contributed by atoms with Gasteiger partial charge in [-0.3, -0.25) is 4.57 Å². The van der Waals surface area contributed by atoms with E-state index in [1.165, 1.54) is 61.2 Å². The molecular weight excluding hydrogens is 685 g/mol. The normalized spacial score (nSPS) is 13.6. The Morgan fingerprint density at radius 2 is 1.18 bits per heavy atom. The van der Waals surface area contributed by atoms with Crippen molar-refractivity contribution in [3.8, 4) is 17.3 Å². The summed E-state index contributed by atoms with van der Waals surface area (Å²) in [6, 6.07) is 37.6. The molecule has 2 aromatic heterocycles. The van der Waals surface area contributed by atoms with E-state index in [9.17, 15) is 0 Å². The maximum absolute atomic E-state index is 7.15. The lowest BCUT2D eigenvalue weighted by atomic mass is 9.79. The van der Waals surface area contributed by atoms with Gasteiger partial charge in [-0.2, -0.15) is 0 Å². The van der Waals surface area contributed by atoms with Crippen LogP contribution in [-0.2, 0) is 16.2 Å². The largest absolute Gasteiger partial charge is 0.457 e. The fraction of sp³-hybridized carbons (Fsp3) is 0.314. The highest BCUT2D eigenvalue weighted by atomic mass is 16.5. The van der Waals surface area contributed by atoms with Crippen LogP contribution in [-0.4, -0.2) is 16.2 Å². The van der Waals surface area contributed by atoms with E-state index in [1.54, 1.807) is 0 Å². The number of benzene rings is 5. The van der Waals surface area contributed by atoms with Crippen molar-refractivity contribution in [2.24, 2.45) is 0 Å². The second-order valence-corrected chi connectivity index (χ2v) is 18.9. The Hall–Kier alpha value is -5.55. The van der Waals surface area contributed by atoms with Gasteiger partial charge in [-0.15, -0.1) is 0 Å². The Morgan fingerprint density at radius 1 is 0.554 bits per heavy atom. The van der Waals surface area contributed by atoms with Gasteiger partial charge in [0.15, 0.2) is 0 Å². The van der Waals surface area contributed by atoms with Crippen LogP contribution in [0.3, 0.4) is 0 Å². The fourth-order valence-corrected chi connectivity index (χ4v) is 8.67. The molecule has 0 atom stereocenters. The summed E-state index contributed by atoms with van der Waals surface area (Å²) in [6.07, 6.45) is 1.93. The zero-order chi connectivity index (χ0) is 39.9. The average molecular weight is 741 g/mol. The SMILES string of the molecule is Cc1cc(C)c(N2CN(c3cc(Oc4ccc5c6ccccc6n(-c6cc(C(C)(C)C)ccn6)c5c4)c(C(C)(C)C)cc3C(C)(C)C)c3ccccc32)c(C)c1. The summed E-state index contributed by atoms with van der Waals surface area (Å²) in [5, 5.41) is 2.37. The van der Waals surface area contributed by atoms with E-state index in [0.29, 0.717) is 6.67 Å². The summed E-state index contributed by atoms with van der Waals surface area (Å²) >= 11 is 0. The van der Waals surface area contributed by atoms with E-state index in [1.807, 2.05) is 6.20 Å². The van der Waals surface area contributed by atoms with Crippen LogP contribution in [0.5, 0.6) is 11.5 Å². The number of hydrogen-bond donors (Lipinski definition) is 0. The molecule has 3 heterocycles. The van der Waals surface area contributed by atoms with E-state index in [4.69, 9.17) is 9.72 Å². The molecule has 0 unspecified atom stereocenters. The van der Waals surface area contributed by atoms with Gasteiger partial charge < -0.3 is 14.5 Å². The number of fused-ring (bicyclic) bond motifs is 4. The van der Waals surface area contributed by atoms with Crippen molar-refractivity contribution in [1.29, 1.82) is 0 Å². The molecule has 8 rings (SSSR count). The van der Waals surface area contributed by atoms with Gasteiger partial charge in [0.05, 0.1) is 28.1 Å². The van der Waals surface area contributed by atoms with Crippen LogP contribution in [0.4, 0.5) is 22.7 Å². The Balaban J connectivity index is 1.30. The third kappa shape index (κ3) is 6.51. The standard InChI is InChI=1S/C51H56N4O/c1-32-25-33(2)48(34(3)26-32)54-31-53(42-19-15-16-20-43(42)54)45-30-46(40(51(10,11)12)29-39(45)50(7,8)9)56-36-21-22-38-37-17-13-14-18-41(37)55(44(38)28-36)47-27-35(23-24-52-47)49(4,5)6/h13-30H,31H2,1-12H3. The lowest BCUT2D eigenvalue weighted by molar-refractivity contribution is 0.454. The quantitative estimate of drug-likeness (QED) is 0.176. The molecule has 0 amide bonds. The van der Waals surface area contributed by atoms with Gasteiger partial charge in [0.2, 0.25) is 0 Å². The minimum atomic E-state index is -0.171. The van der Waals surface area contributed by atoms with E-state index >= 15 is 0 Å². The molecule has 7 aromatic rings. The number of hydrogen-bond acceptors (Lipinski definition) is 4. The van der Waals surface area contributed by atoms with Crippen molar-refractivity contribution in [3.63, 3.8) is 0 Å². The van der Waals surface area contributed by atoms with Crippen LogP contribution in [0.25, 0.3) is 27.6 Å². The van der Waals surface area contributed by atoms with Crippen molar-refractivity contribution in [3.05, 3.63) is 143 Å². The summed E-state index contributed by atoms with van der Waals surface area (Å²) in [4.78, 5) is 9.89. The van der Waals surface area contributed by atoms with Gasteiger partial charge >= 0.3 is 0 Å². The van der Waals surface area contributed by atoms with E-state index < -0.39 is 0 Å². The number of para-hydroxylation sites is 3. The smallest absolute Gasteiger partial charge is 0.137 e. The van der Waals surface area contributed by atoms with Crippen molar-refractivity contribution < 1.29 is 4.74 Å².